The highest BCUT2D eigenvalue weighted by molar-refractivity contribution is 6.15. The number of benzene rings is 2. The van der Waals surface area contributed by atoms with Gasteiger partial charge >= 0.3 is 0 Å². The molecule has 0 aliphatic carbocycles. The first kappa shape index (κ1) is 19.5. The molecule has 2 amide bonds. The molecule has 0 saturated heterocycles. The van der Waals surface area contributed by atoms with Crippen molar-refractivity contribution in [2.24, 2.45) is 0 Å². The summed E-state index contributed by atoms with van der Waals surface area (Å²) in [6.07, 6.45) is 1.85. The molecule has 158 valence electrons. The quantitative estimate of drug-likeness (QED) is 0.705. The maximum atomic E-state index is 13.6. The Morgan fingerprint density at radius 1 is 1.10 bits per heavy atom. The Morgan fingerprint density at radius 3 is 2.55 bits per heavy atom. The van der Waals surface area contributed by atoms with Crippen LogP contribution in [0.25, 0.3) is 0 Å². The molecule has 0 fully saturated rings. The second kappa shape index (κ2) is 6.80. The molecule has 0 saturated carbocycles. The molecule has 31 heavy (non-hydrogen) atoms. The molecule has 6 nitrogen and oxygen atoms in total. The van der Waals surface area contributed by atoms with Gasteiger partial charge in [0.15, 0.2) is 0 Å². The molecule has 1 unspecified atom stereocenters. The number of nitrogens with one attached hydrogen (secondary N) is 1. The Kier molecular flexibility index (Phi) is 4.29. The van der Waals surface area contributed by atoms with Crippen molar-refractivity contribution in [3.8, 4) is 0 Å². The number of aryl methyl sites for hydroxylation is 1. The first-order valence-electron chi connectivity index (χ1n) is 10.7. The number of anilines is 2. The van der Waals surface area contributed by atoms with E-state index in [2.05, 4.69) is 67.6 Å². The van der Waals surface area contributed by atoms with E-state index in [9.17, 15) is 9.59 Å². The fourth-order valence-corrected chi connectivity index (χ4v) is 4.82. The summed E-state index contributed by atoms with van der Waals surface area (Å²) in [6.45, 7) is 6.84. The summed E-state index contributed by atoms with van der Waals surface area (Å²) < 4.78 is 1.79. The zero-order valence-electron chi connectivity index (χ0n) is 18.3. The van der Waals surface area contributed by atoms with Gasteiger partial charge in [0.2, 0.25) is 11.8 Å². The minimum Gasteiger partial charge on any atom is -0.314 e. The number of aromatic nitrogens is 2. The van der Waals surface area contributed by atoms with Crippen molar-refractivity contribution in [2.75, 3.05) is 17.3 Å². The van der Waals surface area contributed by atoms with Gasteiger partial charge in [0, 0.05) is 24.7 Å². The summed E-state index contributed by atoms with van der Waals surface area (Å²) in [5, 5.41) is 7.58. The molecule has 1 N–H and O–H groups in total. The first-order chi connectivity index (χ1) is 14.8. The van der Waals surface area contributed by atoms with E-state index >= 15 is 0 Å². The lowest BCUT2D eigenvalue weighted by atomic mass is 9.71. The van der Waals surface area contributed by atoms with Gasteiger partial charge in [0.05, 0.1) is 12.7 Å². The molecule has 2 aliphatic heterocycles. The van der Waals surface area contributed by atoms with Crippen LogP contribution in [0, 0.1) is 6.92 Å². The van der Waals surface area contributed by atoms with Gasteiger partial charge in [-0.05, 0) is 35.6 Å². The van der Waals surface area contributed by atoms with Crippen molar-refractivity contribution in [1.29, 1.82) is 0 Å². The SMILES string of the molecule is Cc1ccc(Cn2ncc3c2NC(=O)CC32C(=O)N(C)c3ccc(C(C)C)cc32)cc1. The number of carbonyl (C=O) groups excluding carboxylic acids is 2. The lowest BCUT2D eigenvalue weighted by Crippen LogP contribution is -2.45. The van der Waals surface area contributed by atoms with E-state index in [0.29, 0.717) is 18.3 Å². The van der Waals surface area contributed by atoms with Crippen molar-refractivity contribution < 1.29 is 9.59 Å². The number of amides is 2. The predicted molar refractivity (Wildman–Crippen MR) is 120 cm³/mol. The monoisotopic (exact) mass is 414 g/mol. The smallest absolute Gasteiger partial charge is 0.242 e. The Hall–Kier alpha value is -3.41. The normalized spacial score (nSPS) is 19.7. The Bertz CT molecular complexity index is 1210. The molecule has 3 heterocycles. The van der Waals surface area contributed by atoms with Gasteiger partial charge in [-0.15, -0.1) is 0 Å². The van der Waals surface area contributed by atoms with E-state index in [1.165, 1.54) is 5.56 Å². The Morgan fingerprint density at radius 2 is 1.84 bits per heavy atom. The van der Waals surface area contributed by atoms with Gasteiger partial charge in [0.25, 0.3) is 0 Å². The molecule has 3 aromatic rings. The van der Waals surface area contributed by atoms with Crippen LogP contribution in [0.4, 0.5) is 11.5 Å². The molecule has 0 radical (unpaired) electrons. The third kappa shape index (κ3) is 2.81. The molecule has 1 spiro atoms. The number of rotatable bonds is 3. The topological polar surface area (TPSA) is 67.2 Å². The van der Waals surface area contributed by atoms with Crippen LogP contribution in [0.15, 0.2) is 48.7 Å². The van der Waals surface area contributed by atoms with E-state index in [0.717, 1.165) is 27.9 Å². The van der Waals surface area contributed by atoms with Gasteiger partial charge in [0.1, 0.15) is 11.2 Å². The highest BCUT2D eigenvalue weighted by Crippen LogP contribution is 2.52. The van der Waals surface area contributed by atoms with Crippen LogP contribution in [0.1, 0.15) is 54.0 Å². The van der Waals surface area contributed by atoms with Gasteiger partial charge in [-0.3, -0.25) is 9.59 Å². The van der Waals surface area contributed by atoms with E-state index in [1.807, 2.05) is 6.07 Å². The van der Waals surface area contributed by atoms with Crippen LogP contribution in [-0.2, 0) is 21.5 Å². The average Bonchev–Trinajstić information content (AvgIpc) is 3.23. The summed E-state index contributed by atoms with van der Waals surface area (Å²) >= 11 is 0. The van der Waals surface area contributed by atoms with Crippen LogP contribution in [0.3, 0.4) is 0 Å². The van der Waals surface area contributed by atoms with Crippen LogP contribution in [0.2, 0.25) is 0 Å². The van der Waals surface area contributed by atoms with Gasteiger partial charge < -0.3 is 10.2 Å². The van der Waals surface area contributed by atoms with E-state index in [4.69, 9.17) is 0 Å². The van der Waals surface area contributed by atoms with E-state index in [-0.39, 0.29) is 18.2 Å². The van der Waals surface area contributed by atoms with Crippen molar-refractivity contribution in [1.82, 2.24) is 9.78 Å². The van der Waals surface area contributed by atoms with E-state index < -0.39 is 5.41 Å². The third-order valence-electron chi connectivity index (χ3n) is 6.61. The van der Waals surface area contributed by atoms with E-state index in [1.54, 1.807) is 22.8 Å². The number of likely N-dealkylation sites (N-methyl/N-ethyl adjacent to an activating group) is 1. The number of hydrogen-bond donors (Lipinski definition) is 1. The summed E-state index contributed by atoms with van der Waals surface area (Å²) in [6, 6.07) is 14.4. The molecule has 1 aromatic heterocycles. The largest absolute Gasteiger partial charge is 0.314 e. The van der Waals surface area contributed by atoms with Crippen LogP contribution >= 0.6 is 0 Å². The van der Waals surface area contributed by atoms with Gasteiger partial charge in [-0.2, -0.15) is 5.10 Å². The maximum absolute atomic E-state index is 13.6. The van der Waals surface area contributed by atoms with Crippen molar-refractivity contribution in [3.05, 3.63) is 76.5 Å². The highest BCUT2D eigenvalue weighted by Gasteiger charge is 2.56. The standard InChI is InChI=1S/C25H26N4O2/c1-15(2)18-9-10-21-19(11-18)25(24(31)28(21)4)12-22(30)27-23-20(25)13-26-29(23)14-17-7-5-16(3)6-8-17/h5-11,13,15H,12,14H2,1-4H3,(H,27,30). The van der Waals surface area contributed by atoms with Crippen molar-refractivity contribution >= 4 is 23.3 Å². The molecule has 1 atom stereocenters. The average molecular weight is 415 g/mol. The molecule has 2 aliphatic rings. The highest BCUT2D eigenvalue weighted by atomic mass is 16.2. The summed E-state index contributed by atoms with van der Waals surface area (Å²) in [7, 11) is 1.79. The minimum absolute atomic E-state index is 0.0746. The van der Waals surface area contributed by atoms with Crippen LogP contribution < -0.4 is 10.2 Å². The second-order valence-corrected chi connectivity index (χ2v) is 8.98. The number of nitrogens with zero attached hydrogens (tertiary/aromatic N) is 3. The van der Waals surface area contributed by atoms with Crippen LogP contribution in [-0.4, -0.2) is 28.6 Å². The lowest BCUT2D eigenvalue weighted by molar-refractivity contribution is -0.126. The summed E-state index contributed by atoms with van der Waals surface area (Å²) in [5.74, 6) is 0.697. The first-order valence-corrected chi connectivity index (χ1v) is 10.7. The molecule has 6 heteroatoms. The Labute approximate surface area is 181 Å². The number of hydrogen-bond acceptors (Lipinski definition) is 3. The molecular formula is C25H26N4O2. The van der Waals surface area contributed by atoms with Crippen LogP contribution in [0.5, 0.6) is 0 Å². The van der Waals surface area contributed by atoms with Crippen molar-refractivity contribution in [3.63, 3.8) is 0 Å². The summed E-state index contributed by atoms with van der Waals surface area (Å²) in [5.41, 5.74) is 4.94. The van der Waals surface area contributed by atoms with Crippen molar-refractivity contribution in [2.45, 2.75) is 45.1 Å². The summed E-state index contributed by atoms with van der Waals surface area (Å²) in [4.78, 5) is 28.2. The molecule has 2 aromatic carbocycles. The zero-order valence-corrected chi connectivity index (χ0v) is 18.3. The number of carbonyl (C=O) groups is 2. The molecule has 0 bridgehead atoms. The van der Waals surface area contributed by atoms with Gasteiger partial charge in [-0.1, -0.05) is 55.8 Å². The second-order valence-electron chi connectivity index (χ2n) is 8.98. The third-order valence-corrected chi connectivity index (χ3v) is 6.61. The van der Waals surface area contributed by atoms with Gasteiger partial charge in [-0.25, -0.2) is 4.68 Å². The number of fused-ring (bicyclic) bond motifs is 4. The molecule has 5 rings (SSSR count). The maximum Gasteiger partial charge on any atom is 0.242 e. The lowest BCUT2D eigenvalue weighted by Gasteiger charge is -2.32. The Balaban J connectivity index is 1.67. The predicted octanol–water partition coefficient (Wildman–Crippen LogP) is 3.97. The molecular weight excluding hydrogens is 388 g/mol. The zero-order chi connectivity index (χ0) is 21.9. The minimum atomic E-state index is -1.03. The fraction of sp³-hybridized carbons (Fsp3) is 0.320. The fourth-order valence-electron chi connectivity index (χ4n) is 4.82.